The number of alkyl halides is 3. The predicted molar refractivity (Wildman–Crippen MR) is 133 cm³/mol. The van der Waals surface area contributed by atoms with Crippen molar-refractivity contribution >= 4 is 28.9 Å². The summed E-state index contributed by atoms with van der Waals surface area (Å²) in [7, 11) is 0. The van der Waals surface area contributed by atoms with E-state index in [2.05, 4.69) is 30.5 Å². The van der Waals surface area contributed by atoms with Gasteiger partial charge in [0.2, 0.25) is 5.95 Å². The number of nitrogens with one attached hydrogen (secondary N) is 2. The standard InChI is InChI=1S/C25H23F3N6O3S/c1-13-9-24(37,4-2-18(13)21(35)36)22-30-12-19(38-22)15-6-14(16-10-31-32-11-16)7-17(8-15)33-23-29-5-3-20(34-23)25(26,27)28/h3,5-8,10-13,18,37H,2,4,9H2,1H3,(H,31,32)(H,35,36)(H,29,33,34)/t13-,18?,24-/m1/s1. The molecule has 0 spiro atoms. The second-order valence-corrected chi connectivity index (χ2v) is 10.4. The Labute approximate surface area is 218 Å². The number of carbonyl (C=O) groups is 1. The fourth-order valence-corrected chi connectivity index (χ4v) is 5.79. The van der Waals surface area contributed by atoms with Crippen molar-refractivity contribution in [3.05, 3.63) is 59.8 Å². The van der Waals surface area contributed by atoms with Gasteiger partial charge in [-0.25, -0.2) is 15.0 Å². The van der Waals surface area contributed by atoms with Crippen LogP contribution in [-0.4, -0.2) is 41.3 Å². The van der Waals surface area contributed by atoms with Crippen LogP contribution in [0.15, 0.2) is 49.1 Å². The van der Waals surface area contributed by atoms with Crippen LogP contribution in [0.3, 0.4) is 0 Å². The number of carboxylic acid groups (broad SMARTS) is 1. The minimum Gasteiger partial charge on any atom is -0.481 e. The molecule has 4 aromatic rings. The van der Waals surface area contributed by atoms with Crippen molar-refractivity contribution < 1.29 is 28.2 Å². The van der Waals surface area contributed by atoms with Gasteiger partial charge in [-0.2, -0.15) is 18.3 Å². The molecule has 0 saturated heterocycles. The highest BCUT2D eigenvalue weighted by Gasteiger charge is 2.43. The van der Waals surface area contributed by atoms with Gasteiger partial charge in [0.15, 0.2) is 0 Å². The molecule has 5 rings (SSSR count). The van der Waals surface area contributed by atoms with E-state index in [0.717, 1.165) is 28.3 Å². The molecule has 1 aliphatic rings. The molecule has 0 amide bonds. The second kappa shape index (κ2) is 9.80. The van der Waals surface area contributed by atoms with Crippen LogP contribution in [0.2, 0.25) is 0 Å². The van der Waals surface area contributed by atoms with Gasteiger partial charge in [-0.1, -0.05) is 6.92 Å². The molecular formula is C25H23F3N6O3S. The maximum atomic E-state index is 13.1. The van der Waals surface area contributed by atoms with E-state index in [1.54, 1.807) is 30.7 Å². The van der Waals surface area contributed by atoms with Crippen molar-refractivity contribution in [1.29, 1.82) is 0 Å². The molecule has 0 bridgehead atoms. The number of aromatic nitrogens is 5. The summed E-state index contributed by atoms with van der Waals surface area (Å²) in [5.74, 6) is -1.79. The van der Waals surface area contributed by atoms with Gasteiger partial charge in [0.1, 0.15) is 16.3 Å². The molecule has 0 radical (unpaired) electrons. The van der Waals surface area contributed by atoms with Gasteiger partial charge in [0.25, 0.3) is 0 Å². The third-order valence-corrected chi connectivity index (χ3v) is 7.93. The van der Waals surface area contributed by atoms with Gasteiger partial charge < -0.3 is 15.5 Å². The first kappa shape index (κ1) is 25.8. The summed E-state index contributed by atoms with van der Waals surface area (Å²) in [6.45, 7) is 1.82. The van der Waals surface area contributed by atoms with E-state index in [1.165, 1.54) is 11.3 Å². The first-order chi connectivity index (χ1) is 18.0. The lowest BCUT2D eigenvalue weighted by Gasteiger charge is -2.37. The lowest BCUT2D eigenvalue weighted by Crippen LogP contribution is -2.38. The number of carboxylic acids is 1. The van der Waals surface area contributed by atoms with Crippen LogP contribution in [0.25, 0.3) is 21.6 Å². The number of rotatable bonds is 6. The molecule has 3 heterocycles. The average Bonchev–Trinajstić information content (AvgIpc) is 3.56. The molecule has 0 aliphatic heterocycles. The van der Waals surface area contributed by atoms with Crippen molar-refractivity contribution in [2.45, 2.75) is 38.0 Å². The third kappa shape index (κ3) is 5.24. The minimum atomic E-state index is -4.61. The van der Waals surface area contributed by atoms with Crippen molar-refractivity contribution in [2.75, 3.05) is 5.32 Å². The highest BCUT2D eigenvalue weighted by atomic mass is 32.1. The van der Waals surface area contributed by atoms with Gasteiger partial charge in [0.05, 0.1) is 17.0 Å². The van der Waals surface area contributed by atoms with Crippen LogP contribution in [0.4, 0.5) is 24.8 Å². The number of hydrogen-bond donors (Lipinski definition) is 4. The van der Waals surface area contributed by atoms with Gasteiger partial charge in [-0.3, -0.25) is 9.89 Å². The predicted octanol–water partition coefficient (Wildman–Crippen LogP) is 5.46. The number of hydrogen-bond acceptors (Lipinski definition) is 8. The second-order valence-electron chi connectivity index (χ2n) is 9.40. The van der Waals surface area contributed by atoms with Crippen molar-refractivity contribution in [1.82, 2.24) is 25.1 Å². The highest BCUT2D eigenvalue weighted by Crippen LogP contribution is 2.45. The highest BCUT2D eigenvalue weighted by molar-refractivity contribution is 7.15. The summed E-state index contributed by atoms with van der Waals surface area (Å²) in [5, 5.41) is 30.8. The average molecular weight is 545 g/mol. The van der Waals surface area contributed by atoms with E-state index in [-0.39, 0.29) is 24.7 Å². The Kier molecular flexibility index (Phi) is 6.65. The molecule has 13 heteroatoms. The normalized spacial score (nSPS) is 21.8. The summed E-state index contributed by atoms with van der Waals surface area (Å²) >= 11 is 1.29. The zero-order chi connectivity index (χ0) is 27.1. The number of aliphatic carboxylic acids is 1. The number of aromatic amines is 1. The summed E-state index contributed by atoms with van der Waals surface area (Å²) in [5.41, 5.74) is 0.344. The Morgan fingerprint density at radius 1 is 1.18 bits per heavy atom. The largest absolute Gasteiger partial charge is 0.481 e. The molecule has 3 aromatic heterocycles. The Morgan fingerprint density at radius 2 is 1.97 bits per heavy atom. The van der Waals surface area contributed by atoms with Crippen LogP contribution in [0, 0.1) is 11.8 Å². The van der Waals surface area contributed by atoms with E-state index >= 15 is 0 Å². The van der Waals surface area contributed by atoms with E-state index in [4.69, 9.17) is 0 Å². The third-order valence-electron chi connectivity index (χ3n) is 6.69. The zero-order valence-corrected chi connectivity index (χ0v) is 20.8. The van der Waals surface area contributed by atoms with E-state index in [1.807, 2.05) is 13.0 Å². The lowest BCUT2D eigenvalue weighted by atomic mass is 9.72. The maximum Gasteiger partial charge on any atom is 0.433 e. The summed E-state index contributed by atoms with van der Waals surface area (Å²) in [4.78, 5) is 24.2. The van der Waals surface area contributed by atoms with Crippen molar-refractivity contribution in [2.24, 2.45) is 11.8 Å². The molecule has 3 atom stereocenters. The molecule has 4 N–H and O–H groups in total. The van der Waals surface area contributed by atoms with Crippen LogP contribution >= 0.6 is 11.3 Å². The Bertz CT molecular complexity index is 1460. The van der Waals surface area contributed by atoms with Crippen molar-refractivity contribution in [3.8, 4) is 21.6 Å². The number of benzene rings is 1. The van der Waals surface area contributed by atoms with Crippen LogP contribution < -0.4 is 5.32 Å². The van der Waals surface area contributed by atoms with E-state index in [0.29, 0.717) is 22.7 Å². The molecule has 198 valence electrons. The smallest absolute Gasteiger partial charge is 0.433 e. The van der Waals surface area contributed by atoms with Crippen molar-refractivity contribution in [3.63, 3.8) is 0 Å². The summed E-state index contributed by atoms with van der Waals surface area (Å²) in [6.07, 6.45) is 2.29. The first-order valence-corrected chi connectivity index (χ1v) is 12.6. The molecule has 1 saturated carbocycles. The van der Waals surface area contributed by atoms with E-state index in [9.17, 15) is 28.2 Å². The molecule has 1 fully saturated rings. The number of halogens is 3. The summed E-state index contributed by atoms with van der Waals surface area (Å²) < 4.78 is 39.4. The van der Waals surface area contributed by atoms with Gasteiger partial charge >= 0.3 is 12.1 Å². The van der Waals surface area contributed by atoms with Crippen LogP contribution in [-0.2, 0) is 16.6 Å². The first-order valence-electron chi connectivity index (χ1n) is 11.8. The Balaban J connectivity index is 1.48. The molecular weight excluding hydrogens is 521 g/mol. The van der Waals surface area contributed by atoms with E-state index < -0.39 is 29.4 Å². The van der Waals surface area contributed by atoms with Gasteiger partial charge in [0, 0.05) is 29.8 Å². The molecule has 1 unspecified atom stereocenters. The maximum absolute atomic E-state index is 13.1. The fourth-order valence-electron chi connectivity index (χ4n) is 4.76. The minimum absolute atomic E-state index is 0.210. The number of aliphatic hydroxyl groups is 1. The topological polar surface area (TPSA) is 137 Å². The zero-order valence-electron chi connectivity index (χ0n) is 20.0. The van der Waals surface area contributed by atoms with Crippen LogP contribution in [0.5, 0.6) is 0 Å². The number of H-pyrrole nitrogens is 1. The molecule has 38 heavy (non-hydrogen) atoms. The Hall–Kier alpha value is -3.84. The summed E-state index contributed by atoms with van der Waals surface area (Å²) in [6, 6.07) is 6.15. The van der Waals surface area contributed by atoms with Gasteiger partial charge in [-0.15, -0.1) is 11.3 Å². The molecule has 9 nitrogen and oxygen atoms in total. The molecule has 1 aliphatic carbocycles. The Morgan fingerprint density at radius 3 is 2.66 bits per heavy atom. The SMILES string of the molecule is C[C@@H]1C[C@@](O)(c2ncc(-c3cc(Nc4nccc(C(F)(F)F)n4)cc(-c4cn[nH]c4)c3)s2)CCC1C(=O)O. The number of anilines is 2. The van der Waals surface area contributed by atoms with Gasteiger partial charge in [-0.05, 0) is 60.6 Å². The number of thiazole rings is 1. The lowest BCUT2D eigenvalue weighted by molar-refractivity contribution is -0.148. The molecule has 1 aromatic carbocycles. The fraction of sp³-hybridized carbons (Fsp3) is 0.320. The quantitative estimate of drug-likeness (QED) is 0.251. The monoisotopic (exact) mass is 544 g/mol. The van der Waals surface area contributed by atoms with Crippen LogP contribution in [0.1, 0.15) is 36.9 Å². The number of nitrogens with zero attached hydrogens (tertiary/aromatic N) is 4.